The van der Waals surface area contributed by atoms with Crippen molar-refractivity contribution >= 4 is 5.69 Å². The third-order valence-corrected chi connectivity index (χ3v) is 4.25. The monoisotopic (exact) mass is 264 g/mol. The standard InChI is InChI=1S/C16H25FN2/c1-3-8-16(9-4-2)11-19(12-16)15-7-5-6-14(17)13(15)10-18/h5-7H,3-4,8-12,18H2,1-2H3. The van der Waals surface area contributed by atoms with Crippen LogP contribution in [0.3, 0.4) is 0 Å². The van der Waals surface area contributed by atoms with Crippen LogP contribution in [0.25, 0.3) is 0 Å². The fraction of sp³-hybridized carbons (Fsp3) is 0.625. The highest BCUT2D eigenvalue weighted by molar-refractivity contribution is 5.56. The van der Waals surface area contributed by atoms with Gasteiger partial charge in [0.05, 0.1) is 0 Å². The lowest BCUT2D eigenvalue weighted by atomic mass is 9.72. The van der Waals surface area contributed by atoms with Crippen molar-refractivity contribution in [2.24, 2.45) is 11.1 Å². The number of benzene rings is 1. The molecule has 1 aliphatic rings. The first-order valence-corrected chi connectivity index (χ1v) is 7.38. The van der Waals surface area contributed by atoms with Gasteiger partial charge < -0.3 is 10.6 Å². The van der Waals surface area contributed by atoms with Gasteiger partial charge in [-0.2, -0.15) is 0 Å². The summed E-state index contributed by atoms with van der Waals surface area (Å²) in [6.07, 6.45) is 4.98. The molecule has 1 heterocycles. The summed E-state index contributed by atoms with van der Waals surface area (Å²) in [5.41, 5.74) is 7.78. The first-order valence-electron chi connectivity index (χ1n) is 7.38. The number of nitrogens with two attached hydrogens (primary N) is 1. The summed E-state index contributed by atoms with van der Waals surface area (Å²) in [6, 6.07) is 5.27. The van der Waals surface area contributed by atoms with Crippen LogP contribution in [0.5, 0.6) is 0 Å². The molecule has 1 aromatic rings. The molecule has 0 aliphatic carbocycles. The zero-order valence-corrected chi connectivity index (χ0v) is 12.1. The molecule has 0 saturated carbocycles. The van der Waals surface area contributed by atoms with E-state index in [1.807, 2.05) is 6.07 Å². The molecular formula is C16H25FN2. The lowest BCUT2D eigenvalue weighted by Crippen LogP contribution is -2.56. The third kappa shape index (κ3) is 2.76. The van der Waals surface area contributed by atoms with Gasteiger partial charge in [0.15, 0.2) is 0 Å². The molecule has 0 amide bonds. The fourth-order valence-corrected chi connectivity index (χ4v) is 3.48. The van der Waals surface area contributed by atoms with Gasteiger partial charge in [0, 0.05) is 36.3 Å². The zero-order chi connectivity index (χ0) is 13.9. The summed E-state index contributed by atoms with van der Waals surface area (Å²) in [5.74, 6) is -0.177. The van der Waals surface area contributed by atoms with E-state index in [0.29, 0.717) is 11.0 Å². The van der Waals surface area contributed by atoms with Crippen LogP contribution in [0, 0.1) is 11.2 Å². The molecule has 2 N–H and O–H groups in total. The first-order chi connectivity index (χ1) is 9.15. The number of hydrogen-bond acceptors (Lipinski definition) is 2. The van der Waals surface area contributed by atoms with Crippen molar-refractivity contribution in [1.29, 1.82) is 0 Å². The van der Waals surface area contributed by atoms with Crippen LogP contribution in [-0.2, 0) is 6.54 Å². The minimum atomic E-state index is -0.177. The van der Waals surface area contributed by atoms with E-state index < -0.39 is 0 Å². The van der Waals surface area contributed by atoms with Crippen molar-refractivity contribution in [3.63, 3.8) is 0 Å². The van der Waals surface area contributed by atoms with E-state index in [2.05, 4.69) is 18.7 Å². The summed E-state index contributed by atoms with van der Waals surface area (Å²) in [5, 5.41) is 0. The van der Waals surface area contributed by atoms with E-state index in [-0.39, 0.29) is 12.4 Å². The van der Waals surface area contributed by atoms with Crippen molar-refractivity contribution in [3.05, 3.63) is 29.6 Å². The van der Waals surface area contributed by atoms with Crippen molar-refractivity contribution in [1.82, 2.24) is 0 Å². The Morgan fingerprint density at radius 3 is 2.37 bits per heavy atom. The van der Waals surface area contributed by atoms with Crippen molar-refractivity contribution in [2.45, 2.75) is 46.1 Å². The largest absolute Gasteiger partial charge is 0.370 e. The van der Waals surface area contributed by atoms with E-state index in [1.54, 1.807) is 6.07 Å². The lowest BCUT2D eigenvalue weighted by Gasteiger charge is -2.52. The maximum atomic E-state index is 13.8. The van der Waals surface area contributed by atoms with E-state index >= 15 is 0 Å². The second-order valence-electron chi connectivity index (χ2n) is 5.80. The Morgan fingerprint density at radius 2 is 1.84 bits per heavy atom. The minimum absolute atomic E-state index is 0.177. The van der Waals surface area contributed by atoms with Gasteiger partial charge in [-0.15, -0.1) is 0 Å². The Labute approximate surface area is 115 Å². The second kappa shape index (κ2) is 5.91. The van der Waals surface area contributed by atoms with Gasteiger partial charge in [0.2, 0.25) is 0 Å². The minimum Gasteiger partial charge on any atom is -0.370 e. The number of nitrogens with zero attached hydrogens (tertiary/aromatic N) is 1. The van der Waals surface area contributed by atoms with Crippen LogP contribution in [-0.4, -0.2) is 13.1 Å². The van der Waals surface area contributed by atoms with E-state index in [9.17, 15) is 4.39 Å². The van der Waals surface area contributed by atoms with E-state index in [0.717, 1.165) is 18.8 Å². The number of halogens is 1. The molecule has 0 atom stereocenters. The fourth-order valence-electron chi connectivity index (χ4n) is 3.48. The van der Waals surface area contributed by atoms with Crippen molar-refractivity contribution in [2.75, 3.05) is 18.0 Å². The number of hydrogen-bond donors (Lipinski definition) is 1. The topological polar surface area (TPSA) is 29.3 Å². The highest BCUT2D eigenvalue weighted by atomic mass is 19.1. The van der Waals surface area contributed by atoms with Gasteiger partial charge in [-0.1, -0.05) is 32.8 Å². The average Bonchev–Trinajstić information content (AvgIpc) is 2.35. The molecule has 1 aliphatic heterocycles. The summed E-state index contributed by atoms with van der Waals surface area (Å²) in [6.45, 7) is 6.85. The average molecular weight is 264 g/mol. The van der Waals surface area contributed by atoms with Gasteiger partial charge in [0.25, 0.3) is 0 Å². The second-order valence-corrected chi connectivity index (χ2v) is 5.80. The first kappa shape index (κ1) is 14.3. The predicted octanol–water partition coefficient (Wildman–Crippen LogP) is 3.69. The van der Waals surface area contributed by atoms with Gasteiger partial charge in [0.1, 0.15) is 5.82 Å². The molecule has 106 valence electrons. The molecule has 0 unspecified atom stereocenters. The molecule has 1 fully saturated rings. The SMILES string of the molecule is CCCC1(CCC)CN(c2cccc(F)c2CN)C1. The lowest BCUT2D eigenvalue weighted by molar-refractivity contribution is 0.173. The van der Waals surface area contributed by atoms with Gasteiger partial charge in [-0.25, -0.2) is 4.39 Å². The predicted molar refractivity (Wildman–Crippen MR) is 78.8 cm³/mol. The van der Waals surface area contributed by atoms with Crippen LogP contribution in [0.15, 0.2) is 18.2 Å². The van der Waals surface area contributed by atoms with Crippen molar-refractivity contribution < 1.29 is 4.39 Å². The van der Waals surface area contributed by atoms with Crippen LogP contribution in [0.2, 0.25) is 0 Å². The summed E-state index contributed by atoms with van der Waals surface area (Å²) in [4.78, 5) is 2.29. The van der Waals surface area contributed by atoms with Crippen LogP contribution in [0.4, 0.5) is 10.1 Å². The van der Waals surface area contributed by atoms with Gasteiger partial charge in [-0.3, -0.25) is 0 Å². The molecule has 1 saturated heterocycles. The highest BCUT2D eigenvalue weighted by Gasteiger charge is 2.41. The Morgan fingerprint density at radius 1 is 1.21 bits per heavy atom. The molecule has 0 aromatic heterocycles. The third-order valence-electron chi connectivity index (χ3n) is 4.25. The van der Waals surface area contributed by atoms with Crippen molar-refractivity contribution in [3.8, 4) is 0 Å². The molecule has 0 bridgehead atoms. The Kier molecular flexibility index (Phi) is 4.46. The quantitative estimate of drug-likeness (QED) is 0.849. The summed E-state index contributed by atoms with van der Waals surface area (Å²) in [7, 11) is 0. The number of rotatable bonds is 6. The molecule has 2 nitrogen and oxygen atoms in total. The highest BCUT2D eigenvalue weighted by Crippen LogP contribution is 2.43. The Hall–Kier alpha value is -1.09. The molecule has 19 heavy (non-hydrogen) atoms. The van der Waals surface area contributed by atoms with Gasteiger partial charge >= 0.3 is 0 Å². The summed E-state index contributed by atoms with van der Waals surface area (Å²) < 4.78 is 13.8. The molecular weight excluding hydrogens is 239 g/mol. The normalized spacial score (nSPS) is 17.4. The molecule has 0 spiro atoms. The molecule has 2 rings (SSSR count). The smallest absolute Gasteiger partial charge is 0.129 e. The maximum absolute atomic E-state index is 13.8. The van der Waals surface area contributed by atoms with Crippen LogP contribution >= 0.6 is 0 Å². The Bertz CT molecular complexity index is 417. The molecule has 1 aromatic carbocycles. The summed E-state index contributed by atoms with van der Waals surface area (Å²) >= 11 is 0. The van der Waals surface area contributed by atoms with E-state index in [1.165, 1.54) is 31.7 Å². The van der Waals surface area contributed by atoms with E-state index in [4.69, 9.17) is 5.73 Å². The maximum Gasteiger partial charge on any atom is 0.129 e. The van der Waals surface area contributed by atoms with Gasteiger partial charge in [-0.05, 0) is 25.0 Å². The van der Waals surface area contributed by atoms with Crippen LogP contribution in [0.1, 0.15) is 45.1 Å². The zero-order valence-electron chi connectivity index (χ0n) is 12.1. The molecule has 3 heteroatoms. The number of anilines is 1. The molecule has 0 radical (unpaired) electrons. The van der Waals surface area contributed by atoms with Crippen LogP contribution < -0.4 is 10.6 Å². The Balaban J connectivity index is 2.13.